The molecular weight excluding hydrogens is 250 g/mol. The number of anilines is 1. The molecule has 0 fully saturated rings. The molecule has 7 nitrogen and oxygen atoms in total. The lowest BCUT2D eigenvalue weighted by atomic mass is 10.3. The van der Waals surface area contributed by atoms with Crippen LogP contribution in [0.5, 0.6) is 0 Å². The molecule has 1 atom stereocenters. The first kappa shape index (κ1) is 14.9. The fourth-order valence-electron chi connectivity index (χ4n) is 1.38. The molecule has 0 bridgehead atoms. The van der Waals surface area contributed by atoms with E-state index >= 15 is 0 Å². The van der Waals surface area contributed by atoms with Crippen molar-refractivity contribution in [2.45, 2.75) is 32.9 Å². The minimum Gasteiger partial charge on any atom is -0.461 e. The van der Waals surface area contributed by atoms with Gasteiger partial charge in [-0.3, -0.25) is 10.1 Å². The third-order valence-electron chi connectivity index (χ3n) is 2.58. The second-order valence-corrected chi connectivity index (χ2v) is 4.40. The number of hydrogen-bond donors (Lipinski definition) is 0. The Morgan fingerprint density at radius 3 is 2.47 bits per heavy atom. The third kappa shape index (κ3) is 3.90. The highest BCUT2D eigenvalue weighted by atomic mass is 16.6. The number of rotatable bonds is 5. The summed E-state index contributed by atoms with van der Waals surface area (Å²) in [6, 6.07) is 2.33. The molecular formula is C12H17N3O4. The normalized spacial score (nSPS) is 12.1. The highest BCUT2D eigenvalue weighted by Crippen LogP contribution is 2.17. The number of hydrogen-bond acceptors (Lipinski definition) is 6. The van der Waals surface area contributed by atoms with Gasteiger partial charge in [0.05, 0.1) is 11.0 Å². The lowest BCUT2D eigenvalue weighted by Gasteiger charge is -2.24. The highest BCUT2D eigenvalue weighted by molar-refractivity contribution is 5.79. The molecule has 0 aromatic carbocycles. The predicted octanol–water partition coefficient (Wildman–Crippen LogP) is 1.77. The molecule has 0 aliphatic carbocycles. The van der Waals surface area contributed by atoms with Crippen LogP contribution in [0.1, 0.15) is 20.8 Å². The van der Waals surface area contributed by atoms with Gasteiger partial charge in [-0.2, -0.15) is 0 Å². The van der Waals surface area contributed by atoms with Crippen LogP contribution in [0.3, 0.4) is 0 Å². The van der Waals surface area contributed by atoms with Gasteiger partial charge in [0, 0.05) is 13.1 Å². The van der Waals surface area contributed by atoms with Crippen LogP contribution in [-0.4, -0.2) is 35.1 Å². The predicted molar refractivity (Wildman–Crippen MR) is 70.0 cm³/mol. The van der Waals surface area contributed by atoms with E-state index in [0.29, 0.717) is 5.82 Å². The zero-order valence-corrected chi connectivity index (χ0v) is 11.4. The molecule has 1 heterocycles. The zero-order valence-electron chi connectivity index (χ0n) is 11.4. The Labute approximate surface area is 111 Å². The lowest BCUT2D eigenvalue weighted by molar-refractivity contribution is -0.385. The largest absolute Gasteiger partial charge is 0.461 e. The summed E-state index contributed by atoms with van der Waals surface area (Å²) in [5, 5.41) is 10.5. The van der Waals surface area contributed by atoms with Gasteiger partial charge in [0.2, 0.25) is 0 Å². The van der Waals surface area contributed by atoms with Gasteiger partial charge in [-0.25, -0.2) is 9.78 Å². The molecule has 1 unspecified atom stereocenters. The van der Waals surface area contributed by atoms with Gasteiger partial charge in [-0.05, 0) is 26.8 Å². The van der Waals surface area contributed by atoms with Gasteiger partial charge in [0.25, 0.3) is 5.69 Å². The maximum Gasteiger partial charge on any atom is 0.328 e. The minimum absolute atomic E-state index is 0.0884. The molecule has 0 amide bonds. The smallest absolute Gasteiger partial charge is 0.328 e. The number of nitrogens with zero attached hydrogens (tertiary/aromatic N) is 3. The molecule has 0 spiro atoms. The molecule has 7 heteroatoms. The molecule has 1 rings (SSSR count). The maximum atomic E-state index is 11.7. The zero-order chi connectivity index (χ0) is 14.6. The summed E-state index contributed by atoms with van der Waals surface area (Å²) in [4.78, 5) is 27.3. The number of aromatic nitrogens is 1. The summed E-state index contributed by atoms with van der Waals surface area (Å²) in [6.07, 6.45) is 0.972. The number of likely N-dealkylation sites (N-methyl/N-ethyl adjacent to an activating group) is 1. The first-order valence-electron chi connectivity index (χ1n) is 5.86. The van der Waals surface area contributed by atoms with Crippen molar-refractivity contribution in [3.63, 3.8) is 0 Å². The Balaban J connectivity index is 2.79. The van der Waals surface area contributed by atoms with Gasteiger partial charge in [0.1, 0.15) is 18.1 Å². The molecule has 1 aromatic heterocycles. The lowest BCUT2D eigenvalue weighted by Crippen LogP contribution is -2.38. The Kier molecular flexibility index (Phi) is 4.80. The number of esters is 1. The quantitative estimate of drug-likeness (QED) is 0.459. The van der Waals surface area contributed by atoms with Gasteiger partial charge in [0.15, 0.2) is 0 Å². The van der Waals surface area contributed by atoms with Crippen molar-refractivity contribution < 1.29 is 14.5 Å². The van der Waals surface area contributed by atoms with Crippen molar-refractivity contribution in [3.8, 4) is 0 Å². The second kappa shape index (κ2) is 6.12. The van der Waals surface area contributed by atoms with Crippen LogP contribution in [0.25, 0.3) is 0 Å². The van der Waals surface area contributed by atoms with Crippen LogP contribution in [0.4, 0.5) is 11.5 Å². The summed E-state index contributed by atoms with van der Waals surface area (Å²) in [5.41, 5.74) is -0.0884. The summed E-state index contributed by atoms with van der Waals surface area (Å²) in [6.45, 7) is 5.23. The van der Waals surface area contributed by atoms with Crippen molar-refractivity contribution >= 4 is 17.5 Å². The maximum absolute atomic E-state index is 11.7. The Hall–Kier alpha value is -2.18. The summed E-state index contributed by atoms with van der Waals surface area (Å²) >= 11 is 0. The van der Waals surface area contributed by atoms with E-state index in [2.05, 4.69) is 4.98 Å². The summed E-state index contributed by atoms with van der Waals surface area (Å²) < 4.78 is 5.10. The SMILES string of the molecule is CC(C)OC(=O)C(C)N(C)c1ccc([N+](=O)[O-])cn1. The molecule has 0 N–H and O–H groups in total. The van der Waals surface area contributed by atoms with Crippen molar-refractivity contribution in [1.29, 1.82) is 0 Å². The van der Waals surface area contributed by atoms with E-state index in [1.165, 1.54) is 12.1 Å². The van der Waals surface area contributed by atoms with E-state index in [0.717, 1.165) is 6.20 Å². The fourth-order valence-corrected chi connectivity index (χ4v) is 1.38. The van der Waals surface area contributed by atoms with Gasteiger partial charge in [-0.1, -0.05) is 0 Å². The second-order valence-electron chi connectivity index (χ2n) is 4.40. The monoisotopic (exact) mass is 267 g/mol. The molecule has 0 aliphatic heterocycles. The Morgan fingerprint density at radius 2 is 2.05 bits per heavy atom. The van der Waals surface area contributed by atoms with Crippen LogP contribution >= 0.6 is 0 Å². The molecule has 19 heavy (non-hydrogen) atoms. The number of carbonyl (C=O) groups excluding carboxylic acids is 1. The van der Waals surface area contributed by atoms with Crippen LogP contribution in [0.15, 0.2) is 18.3 Å². The standard InChI is InChI=1S/C12H17N3O4/c1-8(2)19-12(16)9(3)14(4)11-6-5-10(7-13-11)15(17)18/h5-9H,1-4H3. The highest BCUT2D eigenvalue weighted by Gasteiger charge is 2.22. The number of carbonyl (C=O) groups is 1. The number of nitro groups is 1. The van der Waals surface area contributed by atoms with E-state index in [1.54, 1.807) is 32.7 Å². The summed E-state index contributed by atoms with van der Waals surface area (Å²) in [5.74, 6) is 0.108. The average molecular weight is 267 g/mol. The third-order valence-corrected chi connectivity index (χ3v) is 2.58. The van der Waals surface area contributed by atoms with Crippen molar-refractivity contribution in [2.24, 2.45) is 0 Å². The van der Waals surface area contributed by atoms with Crippen LogP contribution in [0.2, 0.25) is 0 Å². The molecule has 1 aromatic rings. The molecule has 0 radical (unpaired) electrons. The van der Waals surface area contributed by atoms with Gasteiger partial charge < -0.3 is 9.64 Å². The Bertz CT molecular complexity index is 459. The summed E-state index contributed by atoms with van der Waals surface area (Å²) in [7, 11) is 1.68. The topological polar surface area (TPSA) is 85.6 Å². The fraction of sp³-hybridized carbons (Fsp3) is 0.500. The molecule has 104 valence electrons. The first-order valence-corrected chi connectivity index (χ1v) is 5.86. The Morgan fingerprint density at radius 1 is 1.42 bits per heavy atom. The van der Waals surface area contributed by atoms with E-state index in [4.69, 9.17) is 4.74 Å². The van der Waals surface area contributed by atoms with E-state index in [1.807, 2.05) is 0 Å². The number of ether oxygens (including phenoxy) is 1. The van der Waals surface area contributed by atoms with Crippen LogP contribution in [-0.2, 0) is 9.53 Å². The van der Waals surface area contributed by atoms with Crippen molar-refractivity contribution in [2.75, 3.05) is 11.9 Å². The first-order chi connectivity index (χ1) is 8.82. The number of pyridine rings is 1. The van der Waals surface area contributed by atoms with E-state index < -0.39 is 11.0 Å². The molecule has 0 aliphatic rings. The average Bonchev–Trinajstić information content (AvgIpc) is 2.36. The van der Waals surface area contributed by atoms with Crippen LogP contribution in [0, 0.1) is 10.1 Å². The van der Waals surface area contributed by atoms with E-state index in [9.17, 15) is 14.9 Å². The van der Waals surface area contributed by atoms with Crippen LogP contribution < -0.4 is 4.90 Å². The molecule has 0 saturated heterocycles. The van der Waals surface area contributed by atoms with E-state index in [-0.39, 0.29) is 17.8 Å². The van der Waals surface area contributed by atoms with Crippen molar-refractivity contribution in [3.05, 3.63) is 28.4 Å². The van der Waals surface area contributed by atoms with Gasteiger partial charge in [-0.15, -0.1) is 0 Å². The van der Waals surface area contributed by atoms with Gasteiger partial charge >= 0.3 is 5.97 Å². The van der Waals surface area contributed by atoms with Crippen molar-refractivity contribution in [1.82, 2.24) is 4.98 Å². The molecule has 0 saturated carbocycles. The minimum atomic E-state index is -0.521.